The molecule has 1 N–H and O–H groups in total. The molecular weight excluding hydrogens is 322 g/mol. The lowest BCUT2D eigenvalue weighted by Crippen LogP contribution is -2.31. The van der Waals surface area contributed by atoms with E-state index < -0.39 is 5.66 Å². The highest BCUT2D eigenvalue weighted by Gasteiger charge is 2.38. The van der Waals surface area contributed by atoms with E-state index in [9.17, 15) is 9.59 Å². The minimum atomic E-state index is -0.417. The molecule has 1 aromatic heterocycles. The standard InChI is InChI=1S/C16H21N7O2/c1-2-3-6-16(19-20-16)7-8-17-15(25)13-11-23(21-18-13)12-14(24)22-9-4-5-10-22/h1,11H,3-10,12H2,(H,17,25). The van der Waals surface area contributed by atoms with Gasteiger partial charge in [0.2, 0.25) is 5.91 Å². The first-order valence-corrected chi connectivity index (χ1v) is 8.45. The molecular formula is C16H21N7O2. The van der Waals surface area contributed by atoms with Crippen LogP contribution in [0.2, 0.25) is 0 Å². The van der Waals surface area contributed by atoms with Crippen LogP contribution >= 0.6 is 0 Å². The average molecular weight is 343 g/mol. The molecule has 9 heteroatoms. The third-order valence-electron chi connectivity index (χ3n) is 4.39. The number of amides is 2. The fraction of sp³-hybridized carbons (Fsp3) is 0.625. The van der Waals surface area contributed by atoms with Crippen molar-refractivity contribution in [3.8, 4) is 12.3 Å². The van der Waals surface area contributed by atoms with Crippen molar-refractivity contribution in [2.75, 3.05) is 19.6 Å². The molecule has 2 aliphatic heterocycles. The second-order valence-corrected chi connectivity index (χ2v) is 6.28. The number of aromatic nitrogens is 3. The second kappa shape index (κ2) is 7.42. The predicted molar refractivity (Wildman–Crippen MR) is 88.4 cm³/mol. The highest BCUT2D eigenvalue weighted by Crippen LogP contribution is 2.35. The van der Waals surface area contributed by atoms with Crippen molar-refractivity contribution in [3.05, 3.63) is 11.9 Å². The van der Waals surface area contributed by atoms with E-state index in [2.05, 4.69) is 31.8 Å². The normalized spacial score (nSPS) is 17.3. The van der Waals surface area contributed by atoms with Crippen molar-refractivity contribution in [2.45, 2.75) is 44.3 Å². The van der Waals surface area contributed by atoms with Gasteiger partial charge in [-0.2, -0.15) is 10.2 Å². The molecule has 3 rings (SSSR count). The minimum absolute atomic E-state index is 0.00164. The third-order valence-corrected chi connectivity index (χ3v) is 4.39. The number of likely N-dealkylation sites (tertiary alicyclic amines) is 1. The lowest BCUT2D eigenvalue weighted by molar-refractivity contribution is -0.130. The molecule has 1 saturated heterocycles. The third kappa shape index (κ3) is 4.41. The first-order valence-electron chi connectivity index (χ1n) is 8.45. The lowest BCUT2D eigenvalue weighted by Gasteiger charge is -2.14. The number of terminal acetylenes is 1. The summed E-state index contributed by atoms with van der Waals surface area (Å²) in [5, 5.41) is 18.5. The predicted octanol–water partition coefficient (Wildman–Crippen LogP) is 0.596. The zero-order valence-electron chi connectivity index (χ0n) is 14.0. The van der Waals surface area contributed by atoms with E-state index in [0.717, 1.165) is 25.9 Å². The van der Waals surface area contributed by atoms with Crippen LogP contribution in [0.3, 0.4) is 0 Å². The van der Waals surface area contributed by atoms with Gasteiger partial charge in [-0.25, -0.2) is 4.68 Å². The zero-order chi connectivity index (χ0) is 17.7. The molecule has 132 valence electrons. The first-order chi connectivity index (χ1) is 12.1. The highest BCUT2D eigenvalue weighted by molar-refractivity contribution is 5.91. The van der Waals surface area contributed by atoms with Gasteiger partial charge < -0.3 is 10.2 Å². The Morgan fingerprint density at radius 1 is 1.28 bits per heavy atom. The van der Waals surface area contributed by atoms with Crippen LogP contribution in [0.5, 0.6) is 0 Å². The Morgan fingerprint density at radius 2 is 2.04 bits per heavy atom. The smallest absolute Gasteiger partial charge is 0.273 e. The number of nitrogens with one attached hydrogen (secondary N) is 1. The van der Waals surface area contributed by atoms with E-state index >= 15 is 0 Å². The van der Waals surface area contributed by atoms with E-state index in [1.54, 1.807) is 4.90 Å². The maximum absolute atomic E-state index is 12.1. The Balaban J connectivity index is 1.43. The summed E-state index contributed by atoms with van der Waals surface area (Å²) in [5.41, 5.74) is -0.226. The van der Waals surface area contributed by atoms with Crippen LogP contribution in [-0.2, 0) is 11.3 Å². The molecule has 0 spiro atoms. The fourth-order valence-electron chi connectivity index (χ4n) is 2.82. The van der Waals surface area contributed by atoms with Crippen LogP contribution in [0.15, 0.2) is 16.4 Å². The molecule has 0 aliphatic carbocycles. The monoisotopic (exact) mass is 343 g/mol. The molecule has 2 amide bonds. The summed E-state index contributed by atoms with van der Waals surface area (Å²) in [7, 11) is 0. The van der Waals surface area contributed by atoms with Gasteiger partial charge in [-0.15, -0.1) is 17.4 Å². The molecule has 2 aliphatic rings. The summed E-state index contributed by atoms with van der Waals surface area (Å²) in [5.74, 6) is 2.24. The van der Waals surface area contributed by atoms with E-state index in [4.69, 9.17) is 6.42 Å². The topological polar surface area (TPSA) is 105 Å². The lowest BCUT2D eigenvalue weighted by atomic mass is 10.0. The number of rotatable bonds is 8. The second-order valence-electron chi connectivity index (χ2n) is 6.28. The van der Waals surface area contributed by atoms with Crippen LogP contribution in [0.4, 0.5) is 0 Å². The Morgan fingerprint density at radius 3 is 2.72 bits per heavy atom. The van der Waals surface area contributed by atoms with Crippen LogP contribution in [0, 0.1) is 12.3 Å². The summed E-state index contributed by atoms with van der Waals surface area (Å²) < 4.78 is 1.40. The number of hydrogen-bond donors (Lipinski definition) is 1. The van der Waals surface area contributed by atoms with Crippen LogP contribution in [-0.4, -0.2) is 57.0 Å². The van der Waals surface area contributed by atoms with Gasteiger partial charge in [0.15, 0.2) is 11.4 Å². The number of carbonyl (C=O) groups is 2. The van der Waals surface area contributed by atoms with Crippen molar-refractivity contribution in [2.24, 2.45) is 10.2 Å². The molecule has 1 fully saturated rings. The largest absolute Gasteiger partial charge is 0.350 e. The maximum atomic E-state index is 12.1. The molecule has 0 bridgehead atoms. The molecule has 0 radical (unpaired) electrons. The van der Waals surface area contributed by atoms with Gasteiger partial charge in [-0.3, -0.25) is 9.59 Å². The fourth-order valence-corrected chi connectivity index (χ4v) is 2.82. The van der Waals surface area contributed by atoms with Crippen molar-refractivity contribution in [1.82, 2.24) is 25.2 Å². The Kier molecular flexibility index (Phi) is 5.07. The summed E-state index contributed by atoms with van der Waals surface area (Å²) in [6.07, 6.45) is 10.7. The maximum Gasteiger partial charge on any atom is 0.273 e. The highest BCUT2D eigenvalue weighted by atomic mass is 16.2. The molecule has 0 aromatic carbocycles. The first kappa shape index (κ1) is 17.1. The quantitative estimate of drug-likeness (QED) is 0.698. The van der Waals surface area contributed by atoms with E-state index in [-0.39, 0.29) is 24.1 Å². The molecule has 3 heterocycles. The number of hydrogen-bond acceptors (Lipinski definition) is 6. The van der Waals surface area contributed by atoms with Gasteiger partial charge >= 0.3 is 0 Å². The summed E-state index contributed by atoms with van der Waals surface area (Å²) in [6, 6.07) is 0. The van der Waals surface area contributed by atoms with Gasteiger partial charge in [-0.05, 0) is 12.8 Å². The van der Waals surface area contributed by atoms with Gasteiger partial charge in [0.05, 0.1) is 6.20 Å². The SMILES string of the molecule is C#CCCC1(CCNC(=O)c2cn(CC(=O)N3CCCC3)nn2)N=N1. The minimum Gasteiger partial charge on any atom is -0.350 e. The van der Waals surface area contributed by atoms with Gasteiger partial charge in [0.25, 0.3) is 5.91 Å². The summed E-state index contributed by atoms with van der Waals surface area (Å²) >= 11 is 0. The molecule has 0 unspecified atom stereocenters. The molecule has 0 atom stereocenters. The van der Waals surface area contributed by atoms with Gasteiger partial charge in [-0.1, -0.05) is 5.21 Å². The molecule has 0 saturated carbocycles. The molecule has 25 heavy (non-hydrogen) atoms. The summed E-state index contributed by atoms with van der Waals surface area (Å²) in [4.78, 5) is 26.0. The van der Waals surface area contributed by atoms with Crippen molar-refractivity contribution >= 4 is 11.8 Å². The van der Waals surface area contributed by atoms with E-state index in [1.165, 1.54) is 10.9 Å². The van der Waals surface area contributed by atoms with Gasteiger partial charge in [0, 0.05) is 38.9 Å². The Labute approximate surface area is 145 Å². The van der Waals surface area contributed by atoms with Crippen molar-refractivity contribution in [1.29, 1.82) is 0 Å². The van der Waals surface area contributed by atoms with Gasteiger partial charge in [0.1, 0.15) is 6.54 Å². The van der Waals surface area contributed by atoms with Crippen LogP contribution in [0.1, 0.15) is 42.6 Å². The Hall–Kier alpha value is -2.76. The average Bonchev–Trinajstić information content (AvgIpc) is 3.03. The van der Waals surface area contributed by atoms with E-state index in [0.29, 0.717) is 25.8 Å². The van der Waals surface area contributed by atoms with E-state index in [1.807, 2.05) is 0 Å². The van der Waals surface area contributed by atoms with Crippen LogP contribution < -0.4 is 5.32 Å². The van der Waals surface area contributed by atoms with Crippen LogP contribution in [0.25, 0.3) is 0 Å². The molecule has 1 aromatic rings. The number of carbonyl (C=O) groups excluding carboxylic acids is 2. The number of nitrogens with zero attached hydrogens (tertiary/aromatic N) is 6. The van der Waals surface area contributed by atoms with Crippen molar-refractivity contribution in [3.63, 3.8) is 0 Å². The van der Waals surface area contributed by atoms with Crippen molar-refractivity contribution < 1.29 is 9.59 Å². The zero-order valence-corrected chi connectivity index (χ0v) is 14.0. The summed E-state index contributed by atoms with van der Waals surface area (Å²) in [6.45, 7) is 2.11. The Bertz CT molecular complexity index is 706. The molecule has 9 nitrogen and oxygen atoms in total.